The van der Waals surface area contributed by atoms with Crippen LogP contribution in [0.2, 0.25) is 5.02 Å². The predicted octanol–water partition coefficient (Wildman–Crippen LogP) is 4.81. The van der Waals surface area contributed by atoms with Gasteiger partial charge in [0.15, 0.2) is 17.5 Å². The molecule has 0 unspecified atom stereocenters. The number of fused-ring (bicyclic) bond motifs is 1. The van der Waals surface area contributed by atoms with E-state index in [0.717, 1.165) is 6.20 Å². The second-order valence-corrected chi connectivity index (χ2v) is 7.19. The average Bonchev–Trinajstić information content (AvgIpc) is 3.10. The van der Waals surface area contributed by atoms with Crippen LogP contribution in [0.4, 0.5) is 23.4 Å². The molecule has 0 saturated carbocycles. The number of pyridine rings is 1. The number of halogens is 5. The fraction of sp³-hybridized carbons (Fsp3) is 0.333. The number of rotatable bonds is 6. The van der Waals surface area contributed by atoms with Crippen molar-refractivity contribution in [1.82, 2.24) is 25.3 Å². The van der Waals surface area contributed by atoms with Gasteiger partial charge in [-0.3, -0.25) is 4.79 Å². The van der Waals surface area contributed by atoms with Crippen LogP contribution < -0.4 is 10.6 Å². The van der Waals surface area contributed by atoms with E-state index in [2.05, 4.69) is 25.3 Å². The zero-order valence-electron chi connectivity index (χ0n) is 15.9. The number of anilines is 1. The van der Waals surface area contributed by atoms with Crippen molar-refractivity contribution < 1.29 is 26.6 Å². The van der Waals surface area contributed by atoms with Crippen LogP contribution >= 0.6 is 11.6 Å². The molecule has 7 nitrogen and oxygen atoms in total. The van der Waals surface area contributed by atoms with E-state index in [1.165, 1.54) is 13.1 Å². The second kappa shape index (κ2) is 8.05. The van der Waals surface area contributed by atoms with Crippen LogP contribution in [-0.4, -0.2) is 44.1 Å². The summed E-state index contributed by atoms with van der Waals surface area (Å²) in [4.78, 5) is 27.5. The lowest BCUT2D eigenvalue weighted by atomic mass is 9.97. The van der Waals surface area contributed by atoms with E-state index in [1.54, 1.807) is 24.5 Å². The first-order valence-corrected chi connectivity index (χ1v) is 9.19. The molecule has 3 heterocycles. The molecule has 0 spiro atoms. The van der Waals surface area contributed by atoms with Gasteiger partial charge in [0.2, 0.25) is 5.91 Å². The van der Waals surface area contributed by atoms with Gasteiger partial charge in [0.25, 0.3) is 0 Å². The van der Waals surface area contributed by atoms with Gasteiger partial charge in [0, 0.05) is 27.6 Å². The lowest BCUT2D eigenvalue weighted by Crippen LogP contribution is -2.52. The predicted molar refractivity (Wildman–Crippen MR) is 110 cm³/mol. The van der Waals surface area contributed by atoms with Gasteiger partial charge in [0.05, 0.1) is 11.2 Å². The SMILES string of the molecule is CC[C@@](C)(Nc1nc(-c2c[nH]c3ncc(Cl)cc23)ncc1F)C(=O)NCC(F)(F)F.[HH].[HH].[HH]. The molecule has 30 heavy (non-hydrogen) atoms. The first-order valence-electron chi connectivity index (χ1n) is 8.81. The minimum atomic E-state index is -4.57. The van der Waals surface area contributed by atoms with Crippen LogP contribution in [0.1, 0.15) is 24.5 Å². The number of carbonyl (C=O) groups is 1. The van der Waals surface area contributed by atoms with Crippen LogP contribution in [0, 0.1) is 5.82 Å². The van der Waals surface area contributed by atoms with Crippen molar-refractivity contribution in [1.29, 1.82) is 0 Å². The largest absolute Gasteiger partial charge is 0.405 e. The van der Waals surface area contributed by atoms with E-state index in [-0.39, 0.29) is 22.3 Å². The van der Waals surface area contributed by atoms with Crippen LogP contribution in [0.3, 0.4) is 0 Å². The van der Waals surface area contributed by atoms with E-state index in [4.69, 9.17) is 11.6 Å². The molecular formula is C18H23ClF4N6O. The van der Waals surface area contributed by atoms with Gasteiger partial charge in [-0.2, -0.15) is 13.2 Å². The Balaban J connectivity index is 0.00000341. The van der Waals surface area contributed by atoms with Crippen molar-refractivity contribution in [2.24, 2.45) is 0 Å². The number of aromatic nitrogens is 4. The van der Waals surface area contributed by atoms with Crippen LogP contribution in [0.25, 0.3) is 22.4 Å². The van der Waals surface area contributed by atoms with Gasteiger partial charge < -0.3 is 15.6 Å². The molecule has 3 aromatic heterocycles. The zero-order chi connectivity index (χ0) is 22.1. The highest BCUT2D eigenvalue weighted by atomic mass is 35.5. The topological polar surface area (TPSA) is 95.6 Å². The number of nitrogens with zero attached hydrogens (tertiary/aromatic N) is 3. The number of hydrogen-bond donors (Lipinski definition) is 3. The number of carbonyl (C=O) groups excluding carboxylic acids is 1. The summed E-state index contributed by atoms with van der Waals surface area (Å²) in [5, 5.41) is 5.40. The van der Waals surface area contributed by atoms with Crippen molar-refractivity contribution >= 4 is 34.4 Å². The van der Waals surface area contributed by atoms with Gasteiger partial charge in [0.1, 0.15) is 17.7 Å². The minimum absolute atomic E-state index is 0. The van der Waals surface area contributed by atoms with E-state index < -0.39 is 30.0 Å². The van der Waals surface area contributed by atoms with Gasteiger partial charge in [-0.25, -0.2) is 19.3 Å². The molecule has 1 atom stereocenters. The molecule has 0 aliphatic heterocycles. The highest BCUT2D eigenvalue weighted by Gasteiger charge is 2.36. The zero-order valence-corrected chi connectivity index (χ0v) is 16.6. The fourth-order valence-electron chi connectivity index (χ4n) is 2.69. The third kappa shape index (κ3) is 4.61. The van der Waals surface area contributed by atoms with Crippen molar-refractivity contribution in [3.05, 3.63) is 35.5 Å². The molecule has 166 valence electrons. The first kappa shape index (κ1) is 21.8. The Morgan fingerprint density at radius 1 is 1.30 bits per heavy atom. The summed E-state index contributed by atoms with van der Waals surface area (Å²) in [6.45, 7) is 1.44. The van der Waals surface area contributed by atoms with Crippen LogP contribution in [0.5, 0.6) is 0 Å². The number of hydrogen-bond acceptors (Lipinski definition) is 5. The number of nitrogens with one attached hydrogen (secondary N) is 3. The molecule has 3 aromatic rings. The highest BCUT2D eigenvalue weighted by molar-refractivity contribution is 6.31. The smallest absolute Gasteiger partial charge is 0.354 e. The quantitative estimate of drug-likeness (QED) is 0.468. The molecule has 3 N–H and O–H groups in total. The Hall–Kier alpha value is -2.95. The van der Waals surface area contributed by atoms with Crippen LogP contribution in [-0.2, 0) is 4.79 Å². The Kier molecular flexibility index (Phi) is 5.84. The Bertz CT molecular complexity index is 1100. The van der Waals surface area contributed by atoms with Gasteiger partial charge in [-0.1, -0.05) is 18.5 Å². The van der Waals surface area contributed by atoms with Crippen molar-refractivity contribution in [2.45, 2.75) is 32.0 Å². The standard InChI is InChI=1S/C18H17ClF4N6O.3H2/c1-3-17(2,16(30)27-8-18(21,22)23)29-15-12(20)7-26-14(28-15)11-6-25-13-10(11)4-9(19)5-24-13;;;/h4-7H,3,8H2,1-2H3,(H,24,25)(H,27,30)(H,26,28,29);3*1H/t17-;;;/m1.../s1. The van der Waals surface area contributed by atoms with E-state index in [0.29, 0.717) is 21.6 Å². The van der Waals surface area contributed by atoms with E-state index >= 15 is 0 Å². The molecule has 0 aliphatic carbocycles. The maximum absolute atomic E-state index is 14.4. The van der Waals surface area contributed by atoms with Crippen LogP contribution in [0.15, 0.2) is 24.7 Å². The average molecular weight is 451 g/mol. The third-order valence-corrected chi connectivity index (χ3v) is 4.74. The number of alkyl halides is 3. The molecule has 0 radical (unpaired) electrons. The fourth-order valence-corrected chi connectivity index (χ4v) is 2.85. The van der Waals surface area contributed by atoms with Gasteiger partial charge in [-0.15, -0.1) is 0 Å². The summed E-state index contributed by atoms with van der Waals surface area (Å²) in [5.41, 5.74) is -0.535. The summed E-state index contributed by atoms with van der Waals surface area (Å²) in [6, 6.07) is 1.64. The minimum Gasteiger partial charge on any atom is -0.354 e. The normalized spacial score (nSPS) is 13.8. The molecule has 0 aromatic carbocycles. The molecule has 3 rings (SSSR count). The Morgan fingerprint density at radius 3 is 2.70 bits per heavy atom. The molecule has 1 amide bonds. The third-order valence-electron chi connectivity index (χ3n) is 4.53. The second-order valence-electron chi connectivity index (χ2n) is 6.75. The number of amides is 1. The number of aromatic amines is 1. The monoisotopic (exact) mass is 450 g/mol. The summed E-state index contributed by atoms with van der Waals surface area (Å²) < 4.78 is 51.7. The summed E-state index contributed by atoms with van der Waals surface area (Å²) in [5.74, 6) is -2.01. The molecule has 12 heteroatoms. The molecule has 0 fully saturated rings. The first-order chi connectivity index (χ1) is 14.0. The van der Waals surface area contributed by atoms with Crippen molar-refractivity contribution in [3.8, 4) is 11.4 Å². The molecule has 0 saturated heterocycles. The maximum Gasteiger partial charge on any atom is 0.405 e. The Labute approximate surface area is 177 Å². The summed E-state index contributed by atoms with van der Waals surface area (Å²) in [7, 11) is 0. The van der Waals surface area contributed by atoms with Gasteiger partial charge in [-0.05, 0) is 19.4 Å². The lowest BCUT2D eigenvalue weighted by molar-refractivity contribution is -0.140. The van der Waals surface area contributed by atoms with E-state index in [9.17, 15) is 22.4 Å². The molecule has 0 bridgehead atoms. The summed E-state index contributed by atoms with van der Waals surface area (Å²) >= 11 is 5.98. The highest BCUT2D eigenvalue weighted by Crippen LogP contribution is 2.29. The van der Waals surface area contributed by atoms with Crippen molar-refractivity contribution in [2.75, 3.05) is 11.9 Å². The van der Waals surface area contributed by atoms with E-state index in [1.807, 2.05) is 0 Å². The Morgan fingerprint density at radius 2 is 2.03 bits per heavy atom. The lowest BCUT2D eigenvalue weighted by Gasteiger charge is -2.29. The molecule has 0 aliphatic rings. The van der Waals surface area contributed by atoms with Gasteiger partial charge >= 0.3 is 6.18 Å². The van der Waals surface area contributed by atoms with Crippen molar-refractivity contribution in [3.63, 3.8) is 0 Å². The summed E-state index contributed by atoms with van der Waals surface area (Å²) in [6.07, 6.45) is -0.565. The molecular weight excluding hydrogens is 428 g/mol. The maximum atomic E-state index is 14.4. The number of H-pyrrole nitrogens is 1.